The van der Waals surface area contributed by atoms with E-state index in [1.165, 1.54) is 84.7 Å². The van der Waals surface area contributed by atoms with Crippen molar-refractivity contribution in [1.82, 2.24) is 9.97 Å². The Morgan fingerprint density at radius 3 is 1.05 bits per heavy atom. The molecule has 4 heteroatoms. The monoisotopic (exact) mass is 760 g/mol. The van der Waals surface area contributed by atoms with Crippen LogP contribution in [-0.2, 0) is 12.8 Å². The zero-order valence-corrected chi connectivity index (χ0v) is 35.0. The van der Waals surface area contributed by atoms with Crippen molar-refractivity contribution in [3.8, 4) is 56.3 Å². The summed E-state index contributed by atoms with van der Waals surface area (Å²) in [6, 6.07) is 42.7. The fourth-order valence-corrected chi connectivity index (χ4v) is 6.71. The lowest BCUT2D eigenvalue weighted by Crippen LogP contribution is -1.95. The summed E-state index contributed by atoms with van der Waals surface area (Å²) < 4.78 is 11.4. The molecule has 0 N–H and O–H groups in total. The molecular formula is C53H64N2O2. The van der Waals surface area contributed by atoms with Gasteiger partial charge in [0.15, 0.2) is 0 Å². The largest absolute Gasteiger partial charge is 0.494 e. The number of hydrogen-bond acceptors (Lipinski definition) is 4. The quantitative estimate of drug-likeness (QED) is 0.0685. The summed E-state index contributed by atoms with van der Waals surface area (Å²) in [5.74, 6) is 1.87. The molecule has 6 aromatic rings. The first-order chi connectivity index (χ1) is 28.1. The minimum Gasteiger partial charge on any atom is -0.494 e. The summed E-state index contributed by atoms with van der Waals surface area (Å²) in [7, 11) is 0. The number of nitrogens with zero attached hydrogens (tertiary/aromatic N) is 2. The van der Waals surface area contributed by atoms with Crippen LogP contribution in [0.3, 0.4) is 0 Å². The van der Waals surface area contributed by atoms with Gasteiger partial charge in [0, 0.05) is 23.5 Å². The summed E-state index contributed by atoms with van der Waals surface area (Å²) in [5.41, 5.74) is 11.9. The Balaban J connectivity index is 0.000000218. The van der Waals surface area contributed by atoms with Crippen molar-refractivity contribution in [2.24, 2.45) is 0 Å². The summed E-state index contributed by atoms with van der Waals surface area (Å²) >= 11 is 0. The zero-order chi connectivity index (χ0) is 39.9. The van der Waals surface area contributed by atoms with E-state index in [1.807, 2.05) is 24.5 Å². The fourth-order valence-electron chi connectivity index (χ4n) is 6.71. The molecule has 0 saturated heterocycles. The Morgan fingerprint density at radius 2 is 0.702 bits per heavy atom. The first-order valence-electron chi connectivity index (χ1n) is 21.7. The Morgan fingerprint density at radius 1 is 0.333 bits per heavy atom. The van der Waals surface area contributed by atoms with E-state index in [1.54, 1.807) is 0 Å². The van der Waals surface area contributed by atoms with E-state index >= 15 is 0 Å². The second kappa shape index (κ2) is 24.4. The van der Waals surface area contributed by atoms with Gasteiger partial charge in [0.2, 0.25) is 0 Å². The number of benzene rings is 4. The molecule has 0 fully saturated rings. The van der Waals surface area contributed by atoms with E-state index in [0.717, 1.165) is 79.3 Å². The average molecular weight is 761 g/mol. The van der Waals surface area contributed by atoms with Crippen LogP contribution in [0.4, 0.5) is 0 Å². The molecule has 0 unspecified atom stereocenters. The van der Waals surface area contributed by atoms with E-state index in [2.05, 4.69) is 147 Å². The second-order valence-electron chi connectivity index (χ2n) is 15.0. The normalized spacial score (nSPS) is 10.8. The lowest BCUT2D eigenvalue weighted by Gasteiger charge is -2.08. The molecule has 0 saturated carbocycles. The summed E-state index contributed by atoms with van der Waals surface area (Å²) in [5, 5.41) is 0. The molecule has 298 valence electrons. The van der Waals surface area contributed by atoms with Gasteiger partial charge in [-0.15, -0.1) is 0 Å². The average Bonchev–Trinajstić information content (AvgIpc) is 3.27. The molecule has 0 aliphatic rings. The summed E-state index contributed by atoms with van der Waals surface area (Å²) in [6.45, 7) is 10.3. The maximum Gasteiger partial charge on any atom is 0.119 e. The van der Waals surface area contributed by atoms with E-state index in [-0.39, 0.29) is 0 Å². The molecule has 57 heavy (non-hydrogen) atoms. The van der Waals surface area contributed by atoms with Gasteiger partial charge in [-0.05, 0) is 108 Å². The number of unbranched alkanes of at least 4 members (excludes halogenated alkanes) is 7. The minimum absolute atomic E-state index is 0.762. The van der Waals surface area contributed by atoms with Crippen LogP contribution < -0.4 is 9.47 Å². The number of pyridine rings is 2. The van der Waals surface area contributed by atoms with Gasteiger partial charge in [0.05, 0.1) is 24.6 Å². The Labute approximate surface area is 343 Å². The number of aromatic nitrogens is 2. The van der Waals surface area contributed by atoms with Crippen molar-refractivity contribution in [1.29, 1.82) is 0 Å². The molecule has 2 aromatic heterocycles. The lowest BCUT2D eigenvalue weighted by molar-refractivity contribution is 0.309. The van der Waals surface area contributed by atoms with Crippen LogP contribution in [0.2, 0.25) is 0 Å². The molecule has 0 aliphatic heterocycles. The van der Waals surface area contributed by atoms with Crippen molar-refractivity contribution < 1.29 is 9.47 Å². The molecule has 0 atom stereocenters. The molecule has 2 heterocycles. The highest BCUT2D eigenvalue weighted by atomic mass is 16.5. The molecule has 6 rings (SSSR count). The Bertz CT molecular complexity index is 1950. The molecule has 0 radical (unpaired) electrons. The van der Waals surface area contributed by atoms with Gasteiger partial charge in [-0.25, -0.2) is 0 Å². The standard InChI is InChI=1S/C27H33NO.C26H31NO/c1-3-5-7-8-9-22-10-19-27(28-21-22)25-13-11-23(12-14-25)24-15-17-26(18-16-24)29-20-6-4-2;1-3-5-6-7-8-21-9-18-26(27-20-21)24-12-10-22(11-13-24)23-14-16-25(17-15-23)28-19-4-2/h10-19,21H,3-9,20H2,1-2H3;9-18,20H,3-8,19H2,1-2H3. The van der Waals surface area contributed by atoms with Crippen LogP contribution in [0.5, 0.6) is 11.5 Å². The summed E-state index contributed by atoms with van der Waals surface area (Å²) in [4.78, 5) is 9.35. The van der Waals surface area contributed by atoms with Crippen molar-refractivity contribution in [3.63, 3.8) is 0 Å². The van der Waals surface area contributed by atoms with E-state index in [9.17, 15) is 0 Å². The van der Waals surface area contributed by atoms with Crippen LogP contribution >= 0.6 is 0 Å². The van der Waals surface area contributed by atoms with E-state index < -0.39 is 0 Å². The van der Waals surface area contributed by atoms with Gasteiger partial charge in [-0.3, -0.25) is 9.97 Å². The van der Waals surface area contributed by atoms with Crippen LogP contribution in [-0.4, -0.2) is 23.2 Å². The van der Waals surface area contributed by atoms with Crippen LogP contribution in [0.1, 0.15) is 109 Å². The second-order valence-corrected chi connectivity index (χ2v) is 15.0. The van der Waals surface area contributed by atoms with Crippen LogP contribution in [0, 0.1) is 0 Å². The van der Waals surface area contributed by atoms with Gasteiger partial charge in [-0.1, -0.05) is 158 Å². The Kier molecular flexibility index (Phi) is 18.4. The van der Waals surface area contributed by atoms with Gasteiger partial charge in [0.1, 0.15) is 11.5 Å². The van der Waals surface area contributed by atoms with E-state index in [0.29, 0.717) is 0 Å². The molecular weight excluding hydrogens is 697 g/mol. The predicted molar refractivity (Wildman–Crippen MR) is 242 cm³/mol. The zero-order valence-electron chi connectivity index (χ0n) is 35.0. The molecule has 0 amide bonds. The van der Waals surface area contributed by atoms with Gasteiger partial charge < -0.3 is 9.47 Å². The number of hydrogen-bond donors (Lipinski definition) is 0. The predicted octanol–water partition coefficient (Wildman–Crippen LogP) is 15.0. The highest BCUT2D eigenvalue weighted by Crippen LogP contribution is 2.28. The molecule has 0 bridgehead atoms. The number of rotatable bonds is 21. The smallest absolute Gasteiger partial charge is 0.119 e. The maximum absolute atomic E-state index is 5.75. The van der Waals surface area contributed by atoms with Gasteiger partial charge in [0.25, 0.3) is 0 Å². The highest BCUT2D eigenvalue weighted by Gasteiger charge is 2.05. The summed E-state index contributed by atoms with van der Waals surface area (Å²) in [6.07, 6.45) is 19.9. The minimum atomic E-state index is 0.762. The molecule has 0 spiro atoms. The van der Waals surface area contributed by atoms with Gasteiger partial charge >= 0.3 is 0 Å². The van der Waals surface area contributed by atoms with Crippen molar-refractivity contribution in [2.45, 2.75) is 111 Å². The first-order valence-corrected chi connectivity index (χ1v) is 21.7. The van der Waals surface area contributed by atoms with Crippen molar-refractivity contribution in [2.75, 3.05) is 13.2 Å². The molecule has 4 nitrogen and oxygen atoms in total. The fraction of sp³-hybridized carbons (Fsp3) is 0.358. The van der Waals surface area contributed by atoms with Gasteiger partial charge in [-0.2, -0.15) is 0 Å². The topological polar surface area (TPSA) is 44.2 Å². The molecule has 0 aliphatic carbocycles. The highest BCUT2D eigenvalue weighted by molar-refractivity contribution is 5.70. The Hall–Kier alpha value is -5.22. The lowest BCUT2D eigenvalue weighted by atomic mass is 10.0. The van der Waals surface area contributed by atoms with Crippen LogP contribution in [0.15, 0.2) is 134 Å². The molecule has 4 aromatic carbocycles. The third kappa shape index (κ3) is 14.3. The third-order valence-corrected chi connectivity index (χ3v) is 10.3. The third-order valence-electron chi connectivity index (χ3n) is 10.3. The van der Waals surface area contributed by atoms with E-state index in [4.69, 9.17) is 9.47 Å². The van der Waals surface area contributed by atoms with Crippen molar-refractivity contribution >= 4 is 0 Å². The maximum atomic E-state index is 5.75. The van der Waals surface area contributed by atoms with Crippen LogP contribution in [0.25, 0.3) is 44.8 Å². The SMILES string of the molecule is CCCCCCc1ccc(-c2ccc(-c3ccc(OCCC)cc3)cc2)nc1.CCCCCCc1ccc(-c2ccc(-c3ccc(OCCCC)cc3)cc2)nc1. The first kappa shape index (κ1) is 42.9. The van der Waals surface area contributed by atoms with Crippen molar-refractivity contribution in [3.05, 3.63) is 145 Å². The number of aryl methyl sites for hydroxylation is 2. The number of ether oxygens (including phenoxy) is 2.